The van der Waals surface area contributed by atoms with Crippen LogP contribution in [0.1, 0.15) is 23.0 Å². The number of aryl methyl sites for hydroxylation is 1. The fourth-order valence-corrected chi connectivity index (χ4v) is 1.86. The third-order valence-electron chi connectivity index (χ3n) is 2.94. The largest absolute Gasteiger partial charge is 0.397 e. The van der Waals surface area contributed by atoms with Gasteiger partial charge in [-0.15, -0.1) is 0 Å². The summed E-state index contributed by atoms with van der Waals surface area (Å²) in [6.07, 6.45) is 3.39. The van der Waals surface area contributed by atoms with E-state index in [4.69, 9.17) is 5.73 Å². The summed E-state index contributed by atoms with van der Waals surface area (Å²) < 4.78 is 0. The molecule has 106 valence electrons. The zero-order valence-corrected chi connectivity index (χ0v) is 12.1. The lowest BCUT2D eigenvalue weighted by Gasteiger charge is -1.97. The summed E-state index contributed by atoms with van der Waals surface area (Å²) in [7, 11) is 0. The molecule has 0 unspecified atom stereocenters. The molecule has 0 saturated carbocycles. The van der Waals surface area contributed by atoms with Crippen molar-refractivity contribution in [1.29, 1.82) is 0 Å². The monoisotopic (exact) mass is 279 g/mol. The standard InChI is InChI=1S/C9H8N2.C8H9NO/c10-8-5-1-3-7-4-2-6-11-9(7)8;1-6-3-4-9-8(5-6)7(2)10/h1-6H,10H2;3-5H,1-2H3. The molecule has 2 N–H and O–H groups in total. The average Bonchev–Trinajstić information content (AvgIpc) is 2.48. The number of carbonyl (C=O) groups excluding carboxylic acids is 1. The van der Waals surface area contributed by atoms with E-state index in [1.807, 2.05) is 43.3 Å². The molecule has 0 fully saturated rings. The minimum Gasteiger partial charge on any atom is -0.397 e. The van der Waals surface area contributed by atoms with Crippen LogP contribution in [0.15, 0.2) is 54.9 Å². The van der Waals surface area contributed by atoms with Gasteiger partial charge in [0, 0.05) is 24.7 Å². The highest BCUT2D eigenvalue weighted by molar-refractivity contribution is 5.92. The Morgan fingerprint density at radius 1 is 1.05 bits per heavy atom. The minimum absolute atomic E-state index is 0.0173. The van der Waals surface area contributed by atoms with Crippen molar-refractivity contribution in [2.24, 2.45) is 0 Å². The third-order valence-corrected chi connectivity index (χ3v) is 2.94. The number of rotatable bonds is 1. The number of pyridine rings is 2. The number of Topliss-reactive ketones (excluding diaryl/α,β-unsaturated/α-hetero) is 1. The van der Waals surface area contributed by atoms with Gasteiger partial charge in [0.25, 0.3) is 0 Å². The predicted molar refractivity (Wildman–Crippen MR) is 85.1 cm³/mol. The van der Waals surface area contributed by atoms with Crippen molar-refractivity contribution < 1.29 is 4.79 Å². The summed E-state index contributed by atoms with van der Waals surface area (Å²) in [4.78, 5) is 18.8. The Bertz CT molecular complexity index is 763. The number of nitrogens with two attached hydrogens (primary N) is 1. The highest BCUT2D eigenvalue weighted by Crippen LogP contribution is 2.16. The number of nitrogens with zero attached hydrogens (tertiary/aromatic N) is 2. The van der Waals surface area contributed by atoms with Crippen LogP contribution in [0.2, 0.25) is 0 Å². The van der Waals surface area contributed by atoms with Crippen molar-refractivity contribution in [1.82, 2.24) is 9.97 Å². The van der Waals surface area contributed by atoms with Crippen LogP contribution < -0.4 is 5.73 Å². The summed E-state index contributed by atoms with van der Waals surface area (Å²) in [6.45, 7) is 3.45. The van der Waals surface area contributed by atoms with Crippen molar-refractivity contribution in [2.45, 2.75) is 13.8 Å². The van der Waals surface area contributed by atoms with Crippen LogP contribution in [0.5, 0.6) is 0 Å². The number of nitrogen functional groups attached to an aromatic ring is 1. The fraction of sp³-hybridized carbons (Fsp3) is 0.118. The second-order valence-electron chi connectivity index (χ2n) is 4.70. The van der Waals surface area contributed by atoms with Crippen molar-refractivity contribution in [3.8, 4) is 0 Å². The first kappa shape index (κ1) is 14.7. The molecule has 4 heteroatoms. The topological polar surface area (TPSA) is 68.9 Å². The summed E-state index contributed by atoms with van der Waals surface area (Å²) >= 11 is 0. The lowest BCUT2D eigenvalue weighted by atomic mass is 10.2. The van der Waals surface area contributed by atoms with Gasteiger partial charge < -0.3 is 5.73 Å². The van der Waals surface area contributed by atoms with Crippen LogP contribution in [0.4, 0.5) is 5.69 Å². The first-order valence-electron chi connectivity index (χ1n) is 6.61. The smallest absolute Gasteiger partial charge is 0.178 e. The molecule has 0 amide bonds. The Labute approximate surface area is 123 Å². The first-order chi connectivity index (χ1) is 10.1. The molecule has 0 radical (unpaired) electrons. The number of ketones is 1. The summed E-state index contributed by atoms with van der Waals surface area (Å²) in [5, 5.41) is 1.09. The molecule has 0 aliphatic heterocycles. The molecule has 0 aliphatic rings. The fourth-order valence-electron chi connectivity index (χ4n) is 1.86. The second kappa shape index (κ2) is 6.61. The molecule has 3 rings (SSSR count). The number of para-hydroxylation sites is 1. The highest BCUT2D eigenvalue weighted by Gasteiger charge is 1.98. The Hall–Kier alpha value is -2.75. The van der Waals surface area contributed by atoms with Crippen molar-refractivity contribution in [2.75, 3.05) is 5.73 Å². The molecule has 3 aromatic rings. The first-order valence-corrected chi connectivity index (χ1v) is 6.61. The zero-order valence-electron chi connectivity index (χ0n) is 12.1. The van der Waals surface area contributed by atoms with E-state index >= 15 is 0 Å². The number of anilines is 1. The highest BCUT2D eigenvalue weighted by atomic mass is 16.1. The van der Waals surface area contributed by atoms with Gasteiger partial charge >= 0.3 is 0 Å². The molecule has 0 bridgehead atoms. The van der Waals surface area contributed by atoms with Gasteiger partial charge in [0.2, 0.25) is 0 Å². The van der Waals surface area contributed by atoms with Crippen molar-refractivity contribution >= 4 is 22.4 Å². The van der Waals surface area contributed by atoms with Crippen LogP contribution in [0, 0.1) is 6.92 Å². The third kappa shape index (κ3) is 3.86. The maximum atomic E-state index is 10.7. The van der Waals surface area contributed by atoms with Gasteiger partial charge in [-0.1, -0.05) is 18.2 Å². The Morgan fingerprint density at radius 3 is 2.43 bits per heavy atom. The Morgan fingerprint density at radius 2 is 1.81 bits per heavy atom. The molecular formula is C17H17N3O. The molecule has 2 heterocycles. The van der Waals surface area contributed by atoms with E-state index in [9.17, 15) is 4.79 Å². The van der Waals surface area contributed by atoms with Gasteiger partial charge in [-0.3, -0.25) is 14.8 Å². The van der Waals surface area contributed by atoms with E-state index in [-0.39, 0.29) is 5.78 Å². The molecule has 0 spiro atoms. The summed E-state index contributed by atoms with van der Waals surface area (Å²) in [6, 6.07) is 13.3. The second-order valence-corrected chi connectivity index (χ2v) is 4.70. The summed E-state index contributed by atoms with van der Waals surface area (Å²) in [5.74, 6) is 0.0173. The SMILES string of the molecule is CC(=O)c1cc(C)ccn1.Nc1cccc2cccnc12. The van der Waals surface area contributed by atoms with E-state index in [1.165, 1.54) is 6.92 Å². The number of aromatic nitrogens is 2. The molecule has 21 heavy (non-hydrogen) atoms. The van der Waals surface area contributed by atoms with E-state index < -0.39 is 0 Å². The van der Waals surface area contributed by atoms with Crippen molar-refractivity contribution in [3.05, 3.63) is 66.1 Å². The van der Waals surface area contributed by atoms with Crippen LogP contribution in [-0.4, -0.2) is 15.8 Å². The number of carbonyl (C=O) groups is 1. The van der Waals surface area contributed by atoms with E-state index in [2.05, 4.69) is 9.97 Å². The molecule has 2 aromatic heterocycles. The molecule has 1 aromatic carbocycles. The normalized spacial score (nSPS) is 9.81. The van der Waals surface area contributed by atoms with Crippen LogP contribution in [0.25, 0.3) is 10.9 Å². The Kier molecular flexibility index (Phi) is 4.61. The number of fused-ring (bicyclic) bond motifs is 1. The van der Waals surface area contributed by atoms with E-state index in [0.717, 1.165) is 22.2 Å². The summed E-state index contributed by atoms with van der Waals surface area (Å²) in [5.41, 5.74) is 8.93. The van der Waals surface area contributed by atoms with Crippen LogP contribution >= 0.6 is 0 Å². The lowest BCUT2D eigenvalue weighted by molar-refractivity contribution is 0.101. The average molecular weight is 279 g/mol. The van der Waals surface area contributed by atoms with E-state index in [1.54, 1.807) is 18.5 Å². The van der Waals surface area contributed by atoms with Gasteiger partial charge in [0.15, 0.2) is 5.78 Å². The minimum atomic E-state index is 0.0173. The van der Waals surface area contributed by atoms with Gasteiger partial charge in [-0.25, -0.2) is 0 Å². The maximum Gasteiger partial charge on any atom is 0.178 e. The maximum absolute atomic E-state index is 10.7. The molecule has 0 saturated heterocycles. The molecule has 4 nitrogen and oxygen atoms in total. The zero-order chi connectivity index (χ0) is 15.2. The van der Waals surface area contributed by atoms with Crippen LogP contribution in [0.3, 0.4) is 0 Å². The Balaban J connectivity index is 0.000000155. The van der Waals surface area contributed by atoms with E-state index in [0.29, 0.717) is 5.69 Å². The van der Waals surface area contributed by atoms with Gasteiger partial charge in [0.1, 0.15) is 5.69 Å². The van der Waals surface area contributed by atoms with Crippen LogP contribution in [-0.2, 0) is 0 Å². The van der Waals surface area contributed by atoms with Gasteiger partial charge in [0.05, 0.1) is 11.2 Å². The quantitative estimate of drug-likeness (QED) is 0.547. The van der Waals surface area contributed by atoms with Gasteiger partial charge in [-0.2, -0.15) is 0 Å². The van der Waals surface area contributed by atoms with Gasteiger partial charge in [-0.05, 0) is 36.8 Å². The number of benzene rings is 1. The molecular weight excluding hydrogens is 262 g/mol. The number of hydrogen-bond acceptors (Lipinski definition) is 4. The van der Waals surface area contributed by atoms with Crippen molar-refractivity contribution in [3.63, 3.8) is 0 Å². The molecule has 0 aliphatic carbocycles. The number of hydrogen-bond donors (Lipinski definition) is 1. The molecule has 0 atom stereocenters. The predicted octanol–water partition coefficient (Wildman–Crippen LogP) is 3.41. The lowest BCUT2D eigenvalue weighted by Crippen LogP contribution is -1.95.